The highest BCUT2D eigenvalue weighted by Crippen LogP contribution is 2.41. The third kappa shape index (κ3) is 4.34. The highest BCUT2D eigenvalue weighted by molar-refractivity contribution is 6.10. The maximum Gasteiger partial charge on any atom is 0.336 e. The second-order valence-corrected chi connectivity index (χ2v) is 8.32. The molecule has 0 bridgehead atoms. The molecule has 5 aromatic carbocycles. The number of esters is 1. The van der Waals surface area contributed by atoms with E-state index in [2.05, 4.69) is 0 Å². The maximum absolute atomic E-state index is 12.8. The third-order valence-corrected chi connectivity index (χ3v) is 6.09. The van der Waals surface area contributed by atoms with Crippen molar-refractivity contribution in [2.24, 2.45) is 0 Å². The smallest absolute Gasteiger partial charge is 0.336 e. The zero-order chi connectivity index (χ0) is 24.4. The summed E-state index contributed by atoms with van der Waals surface area (Å²) in [6.07, 6.45) is 3.12. The van der Waals surface area contributed by atoms with E-state index in [0.29, 0.717) is 5.75 Å². The van der Waals surface area contributed by atoms with Crippen molar-refractivity contribution >= 4 is 33.6 Å². The first-order valence-electron chi connectivity index (χ1n) is 11.3. The molecule has 0 heterocycles. The molecule has 0 spiro atoms. The zero-order valence-electron chi connectivity index (χ0n) is 19.5. The van der Waals surface area contributed by atoms with Gasteiger partial charge in [-0.15, -0.1) is 0 Å². The predicted octanol–water partition coefficient (Wildman–Crippen LogP) is 7.30. The SMILES string of the molecule is COc1cc(/C=C/C(=O)Oc2cccc3cccc(-c4cccc5cccc(O)c45)c23)ccc1C. The number of methoxy groups -OCH3 is 1. The molecule has 0 fully saturated rings. The molecular weight excluding hydrogens is 436 g/mol. The molecule has 1 N–H and O–H groups in total. The molecule has 5 rings (SSSR count). The summed E-state index contributed by atoms with van der Waals surface area (Å²) in [6, 6.07) is 28.7. The van der Waals surface area contributed by atoms with Gasteiger partial charge in [-0.3, -0.25) is 0 Å². The molecule has 0 aliphatic heterocycles. The van der Waals surface area contributed by atoms with E-state index in [1.165, 1.54) is 6.08 Å². The Hall–Kier alpha value is -4.57. The Kier molecular flexibility index (Phi) is 5.94. The van der Waals surface area contributed by atoms with Crippen LogP contribution in [-0.4, -0.2) is 18.2 Å². The quantitative estimate of drug-likeness (QED) is 0.170. The summed E-state index contributed by atoms with van der Waals surface area (Å²) < 4.78 is 11.2. The summed E-state index contributed by atoms with van der Waals surface area (Å²) in [5.74, 6) is 0.952. The standard InChI is InChI=1S/C31H24O4/c1-20-15-16-21(19-28(20)34-2)17-18-29(33)35-27-14-6-10-23-8-4-12-25(31(23)27)24-11-3-7-22-9-5-13-26(32)30(22)24/h3-19,32H,1-2H3/b18-17+. The lowest BCUT2D eigenvalue weighted by atomic mass is 9.93. The van der Waals surface area contributed by atoms with Gasteiger partial charge in [-0.25, -0.2) is 4.79 Å². The first-order chi connectivity index (χ1) is 17.0. The van der Waals surface area contributed by atoms with Crippen LogP contribution < -0.4 is 9.47 Å². The van der Waals surface area contributed by atoms with Gasteiger partial charge in [-0.2, -0.15) is 0 Å². The molecule has 5 aromatic rings. The van der Waals surface area contributed by atoms with Crippen LogP contribution in [0.4, 0.5) is 0 Å². The van der Waals surface area contributed by atoms with Crippen molar-refractivity contribution in [2.75, 3.05) is 7.11 Å². The number of phenols is 1. The van der Waals surface area contributed by atoms with Crippen molar-refractivity contribution in [1.82, 2.24) is 0 Å². The van der Waals surface area contributed by atoms with Crippen LogP contribution in [0.5, 0.6) is 17.2 Å². The average Bonchev–Trinajstić information content (AvgIpc) is 2.88. The molecule has 0 saturated heterocycles. The lowest BCUT2D eigenvalue weighted by Gasteiger charge is -2.14. The van der Waals surface area contributed by atoms with E-state index in [1.54, 1.807) is 25.3 Å². The molecule has 0 aromatic heterocycles. The largest absolute Gasteiger partial charge is 0.507 e. The first-order valence-corrected chi connectivity index (χ1v) is 11.3. The Balaban J connectivity index is 1.55. The summed E-state index contributed by atoms with van der Waals surface area (Å²) >= 11 is 0. The molecule has 172 valence electrons. The van der Waals surface area contributed by atoms with Gasteiger partial charge < -0.3 is 14.6 Å². The summed E-state index contributed by atoms with van der Waals surface area (Å²) in [6.45, 7) is 1.97. The van der Waals surface area contributed by atoms with Crippen LogP contribution in [0.3, 0.4) is 0 Å². The van der Waals surface area contributed by atoms with Crippen molar-refractivity contribution in [2.45, 2.75) is 6.92 Å². The summed E-state index contributed by atoms with van der Waals surface area (Å²) in [4.78, 5) is 12.8. The van der Waals surface area contributed by atoms with Gasteiger partial charge >= 0.3 is 5.97 Å². The van der Waals surface area contributed by atoms with Gasteiger partial charge in [0.25, 0.3) is 0 Å². The molecule has 0 atom stereocenters. The van der Waals surface area contributed by atoms with Crippen LogP contribution in [0.2, 0.25) is 0 Å². The van der Waals surface area contributed by atoms with E-state index in [9.17, 15) is 9.90 Å². The van der Waals surface area contributed by atoms with Crippen LogP contribution in [0.1, 0.15) is 11.1 Å². The lowest BCUT2D eigenvalue weighted by molar-refractivity contribution is -0.128. The van der Waals surface area contributed by atoms with Crippen molar-refractivity contribution in [3.8, 4) is 28.4 Å². The van der Waals surface area contributed by atoms with Crippen molar-refractivity contribution < 1.29 is 19.4 Å². The summed E-state index contributed by atoms with van der Waals surface area (Å²) in [5.41, 5.74) is 3.62. The predicted molar refractivity (Wildman–Crippen MR) is 141 cm³/mol. The minimum atomic E-state index is -0.479. The number of aromatic hydroxyl groups is 1. The minimum Gasteiger partial charge on any atom is -0.507 e. The monoisotopic (exact) mass is 460 g/mol. The summed E-state index contributed by atoms with van der Waals surface area (Å²) in [5, 5.41) is 14.1. The second-order valence-electron chi connectivity index (χ2n) is 8.32. The van der Waals surface area contributed by atoms with E-state index in [1.807, 2.05) is 85.8 Å². The molecule has 35 heavy (non-hydrogen) atoms. The molecular formula is C31H24O4. The number of aryl methyl sites for hydroxylation is 1. The van der Waals surface area contributed by atoms with Gasteiger partial charge in [0.05, 0.1) is 7.11 Å². The number of carbonyl (C=O) groups is 1. The highest BCUT2D eigenvalue weighted by atomic mass is 16.5. The topological polar surface area (TPSA) is 55.8 Å². The fraction of sp³-hybridized carbons (Fsp3) is 0.0645. The number of phenolic OH excluding ortho intramolecular Hbond substituents is 1. The number of benzene rings is 5. The van der Waals surface area contributed by atoms with Crippen molar-refractivity contribution in [3.63, 3.8) is 0 Å². The van der Waals surface area contributed by atoms with E-state index < -0.39 is 5.97 Å². The Morgan fingerprint density at radius 2 is 1.40 bits per heavy atom. The number of rotatable bonds is 5. The van der Waals surface area contributed by atoms with Gasteiger partial charge in [0, 0.05) is 16.8 Å². The van der Waals surface area contributed by atoms with Crippen LogP contribution in [0, 0.1) is 6.92 Å². The molecule has 0 saturated carbocycles. The number of carbonyl (C=O) groups excluding carboxylic acids is 1. The number of ether oxygens (including phenoxy) is 2. The lowest BCUT2D eigenvalue weighted by Crippen LogP contribution is -2.04. The van der Waals surface area contributed by atoms with E-state index in [-0.39, 0.29) is 5.75 Å². The molecule has 0 aliphatic carbocycles. The molecule has 0 amide bonds. The maximum atomic E-state index is 12.8. The van der Waals surface area contributed by atoms with E-state index in [4.69, 9.17) is 9.47 Å². The Bertz CT molecular complexity index is 1590. The number of fused-ring (bicyclic) bond motifs is 2. The van der Waals surface area contributed by atoms with Crippen molar-refractivity contribution in [3.05, 3.63) is 108 Å². The van der Waals surface area contributed by atoms with Crippen LogP contribution in [0.25, 0.3) is 38.7 Å². The molecule has 0 aliphatic rings. The fourth-order valence-electron chi connectivity index (χ4n) is 4.41. The van der Waals surface area contributed by atoms with Gasteiger partial charge in [0.1, 0.15) is 17.2 Å². The van der Waals surface area contributed by atoms with Gasteiger partial charge in [-0.1, -0.05) is 72.8 Å². The van der Waals surface area contributed by atoms with Crippen LogP contribution >= 0.6 is 0 Å². The van der Waals surface area contributed by atoms with Gasteiger partial charge in [0.2, 0.25) is 0 Å². The fourth-order valence-corrected chi connectivity index (χ4v) is 4.41. The molecule has 4 nitrogen and oxygen atoms in total. The zero-order valence-corrected chi connectivity index (χ0v) is 19.5. The Morgan fingerprint density at radius 3 is 2.11 bits per heavy atom. The second kappa shape index (κ2) is 9.35. The Morgan fingerprint density at radius 1 is 0.771 bits per heavy atom. The third-order valence-electron chi connectivity index (χ3n) is 6.09. The van der Waals surface area contributed by atoms with Gasteiger partial charge in [0.15, 0.2) is 0 Å². The van der Waals surface area contributed by atoms with Crippen molar-refractivity contribution in [1.29, 1.82) is 0 Å². The molecule has 0 radical (unpaired) electrons. The number of hydrogen-bond acceptors (Lipinski definition) is 4. The van der Waals surface area contributed by atoms with E-state index in [0.717, 1.165) is 49.5 Å². The number of hydrogen-bond donors (Lipinski definition) is 1. The van der Waals surface area contributed by atoms with Gasteiger partial charge in [-0.05, 0) is 64.2 Å². The Labute approximate surface area is 203 Å². The summed E-state index contributed by atoms with van der Waals surface area (Å²) in [7, 11) is 1.62. The van der Waals surface area contributed by atoms with Crippen LogP contribution in [0.15, 0.2) is 97.1 Å². The van der Waals surface area contributed by atoms with Crippen LogP contribution in [-0.2, 0) is 4.79 Å². The normalized spacial score (nSPS) is 11.3. The molecule has 4 heteroatoms. The minimum absolute atomic E-state index is 0.209. The van der Waals surface area contributed by atoms with E-state index >= 15 is 0 Å². The average molecular weight is 461 g/mol. The molecule has 0 unspecified atom stereocenters. The first kappa shape index (κ1) is 22.2. The highest BCUT2D eigenvalue weighted by Gasteiger charge is 2.15.